The molecule has 0 unspecified atom stereocenters. The molecular weight excluding hydrogens is 456 g/mol. The van der Waals surface area contributed by atoms with Crippen LogP contribution in [0, 0.1) is 0 Å². The molecule has 0 saturated carbocycles. The van der Waals surface area contributed by atoms with Crippen molar-refractivity contribution >= 4 is 12.0 Å². The molecule has 180 valence electrons. The molecule has 1 atom stereocenters. The molecule has 2 amide bonds. The van der Waals surface area contributed by atoms with Crippen LogP contribution in [0.4, 0.5) is 31.1 Å². The van der Waals surface area contributed by atoms with Gasteiger partial charge in [-0.1, -0.05) is 25.5 Å². The lowest BCUT2D eigenvalue weighted by Gasteiger charge is -2.23. The number of carbonyl (C=O) groups excluding carboxylic acids is 2. The van der Waals surface area contributed by atoms with Crippen LogP contribution in [0.2, 0.25) is 0 Å². The standard InChI is InChI=1S/C21H21F6N3O3/c1-2-3-11-33-16(31)12-29-19(32)30-17(13-6-8-14(9-7-13)20(22,23)24)18-15(21(25,26)27)5-4-10-28-18/h4-10,17H,2-3,11-12H2,1H3,(H2,29,30,32)/t17-/m0/s1. The Morgan fingerprint density at radius 1 is 1.03 bits per heavy atom. The van der Waals surface area contributed by atoms with Crippen molar-refractivity contribution in [1.29, 1.82) is 0 Å². The number of urea groups is 1. The Kier molecular flexibility index (Phi) is 8.66. The van der Waals surface area contributed by atoms with Gasteiger partial charge in [0.15, 0.2) is 0 Å². The molecule has 0 aliphatic rings. The SMILES string of the molecule is CCCCOC(=O)CNC(=O)N[C@@H](c1ccc(C(F)(F)F)cc1)c1ncccc1C(F)(F)F. The number of nitrogens with zero attached hydrogens (tertiary/aromatic N) is 1. The number of alkyl halides is 6. The molecule has 2 rings (SSSR count). The summed E-state index contributed by atoms with van der Waals surface area (Å²) in [7, 11) is 0. The Hall–Kier alpha value is -3.31. The van der Waals surface area contributed by atoms with E-state index in [1.165, 1.54) is 0 Å². The molecule has 0 bridgehead atoms. The Bertz CT molecular complexity index is 945. The zero-order valence-electron chi connectivity index (χ0n) is 17.4. The minimum atomic E-state index is -4.84. The second kappa shape index (κ2) is 11.0. The monoisotopic (exact) mass is 477 g/mol. The maximum atomic E-state index is 13.5. The third-order valence-corrected chi connectivity index (χ3v) is 4.42. The highest BCUT2D eigenvalue weighted by Gasteiger charge is 2.37. The van der Waals surface area contributed by atoms with E-state index in [-0.39, 0.29) is 12.2 Å². The van der Waals surface area contributed by atoms with Crippen molar-refractivity contribution in [2.45, 2.75) is 38.2 Å². The minimum Gasteiger partial charge on any atom is -0.464 e. The second-order valence-electron chi connectivity index (χ2n) is 6.89. The summed E-state index contributed by atoms with van der Waals surface area (Å²) in [5, 5.41) is 4.40. The van der Waals surface area contributed by atoms with Crippen LogP contribution in [-0.2, 0) is 21.9 Å². The molecule has 33 heavy (non-hydrogen) atoms. The van der Waals surface area contributed by atoms with E-state index in [2.05, 4.69) is 15.6 Å². The zero-order chi connectivity index (χ0) is 24.6. The van der Waals surface area contributed by atoms with E-state index < -0.39 is 53.8 Å². The smallest absolute Gasteiger partial charge is 0.418 e. The second-order valence-corrected chi connectivity index (χ2v) is 6.89. The molecule has 12 heteroatoms. The van der Waals surface area contributed by atoms with E-state index in [0.29, 0.717) is 18.6 Å². The Balaban J connectivity index is 2.29. The molecule has 0 saturated heterocycles. The number of halogens is 6. The van der Waals surface area contributed by atoms with Gasteiger partial charge in [-0.05, 0) is 36.2 Å². The number of unbranched alkanes of at least 4 members (excludes halogenated alkanes) is 1. The molecule has 0 radical (unpaired) electrons. The third-order valence-electron chi connectivity index (χ3n) is 4.42. The highest BCUT2D eigenvalue weighted by atomic mass is 19.4. The number of amides is 2. The average molecular weight is 477 g/mol. The van der Waals surface area contributed by atoms with Gasteiger partial charge in [0.1, 0.15) is 6.54 Å². The fourth-order valence-corrected chi connectivity index (χ4v) is 2.78. The fraction of sp³-hybridized carbons (Fsp3) is 0.381. The lowest BCUT2D eigenvalue weighted by atomic mass is 9.98. The topological polar surface area (TPSA) is 80.3 Å². The lowest BCUT2D eigenvalue weighted by molar-refractivity contribution is -0.142. The van der Waals surface area contributed by atoms with Gasteiger partial charge in [-0.25, -0.2) is 4.79 Å². The highest BCUT2D eigenvalue weighted by Crippen LogP contribution is 2.36. The summed E-state index contributed by atoms with van der Waals surface area (Å²) in [6.45, 7) is 1.48. The van der Waals surface area contributed by atoms with E-state index in [0.717, 1.165) is 36.9 Å². The lowest BCUT2D eigenvalue weighted by Crippen LogP contribution is -2.41. The van der Waals surface area contributed by atoms with Gasteiger partial charge in [0.05, 0.1) is 29.5 Å². The number of ether oxygens (including phenoxy) is 1. The van der Waals surface area contributed by atoms with Crippen LogP contribution in [0.1, 0.15) is 48.2 Å². The molecule has 0 spiro atoms. The number of nitrogens with one attached hydrogen (secondary N) is 2. The van der Waals surface area contributed by atoms with Crippen molar-refractivity contribution in [2.75, 3.05) is 13.2 Å². The fourth-order valence-electron chi connectivity index (χ4n) is 2.78. The van der Waals surface area contributed by atoms with E-state index >= 15 is 0 Å². The van der Waals surface area contributed by atoms with Gasteiger partial charge in [0.2, 0.25) is 0 Å². The van der Waals surface area contributed by atoms with E-state index in [4.69, 9.17) is 4.74 Å². The van der Waals surface area contributed by atoms with Crippen LogP contribution in [0.3, 0.4) is 0 Å². The van der Waals surface area contributed by atoms with Crippen LogP contribution in [-0.4, -0.2) is 30.1 Å². The van der Waals surface area contributed by atoms with Gasteiger partial charge in [0.25, 0.3) is 0 Å². The number of benzene rings is 1. The van der Waals surface area contributed by atoms with Gasteiger partial charge in [-0.15, -0.1) is 0 Å². The van der Waals surface area contributed by atoms with E-state index in [9.17, 15) is 35.9 Å². The summed E-state index contributed by atoms with van der Waals surface area (Å²) in [4.78, 5) is 27.7. The van der Waals surface area contributed by atoms with Crippen LogP contribution in [0.5, 0.6) is 0 Å². The summed E-state index contributed by atoms with van der Waals surface area (Å²) >= 11 is 0. The summed E-state index contributed by atoms with van der Waals surface area (Å²) in [6, 6.07) is 2.45. The van der Waals surface area contributed by atoms with Crippen molar-refractivity contribution in [3.8, 4) is 0 Å². The van der Waals surface area contributed by atoms with Crippen molar-refractivity contribution in [3.05, 3.63) is 65.0 Å². The van der Waals surface area contributed by atoms with E-state index in [1.807, 2.05) is 6.92 Å². The first kappa shape index (κ1) is 25.9. The largest absolute Gasteiger partial charge is 0.464 e. The number of aromatic nitrogens is 1. The van der Waals surface area contributed by atoms with Crippen molar-refractivity contribution in [1.82, 2.24) is 15.6 Å². The van der Waals surface area contributed by atoms with Crippen LogP contribution < -0.4 is 10.6 Å². The summed E-state index contributed by atoms with van der Waals surface area (Å²) in [5.74, 6) is -0.751. The Labute approximate surface area is 185 Å². The van der Waals surface area contributed by atoms with Gasteiger partial charge in [-0.3, -0.25) is 9.78 Å². The quantitative estimate of drug-likeness (QED) is 0.324. The van der Waals surface area contributed by atoms with Crippen molar-refractivity contribution < 1.29 is 40.7 Å². The highest BCUT2D eigenvalue weighted by molar-refractivity contribution is 5.81. The van der Waals surface area contributed by atoms with Crippen molar-refractivity contribution in [3.63, 3.8) is 0 Å². The molecule has 2 N–H and O–H groups in total. The predicted octanol–water partition coefficient (Wildman–Crippen LogP) is 4.85. The number of esters is 1. The van der Waals surface area contributed by atoms with Crippen LogP contribution in [0.15, 0.2) is 42.6 Å². The van der Waals surface area contributed by atoms with Crippen molar-refractivity contribution in [2.24, 2.45) is 0 Å². The molecule has 1 aromatic heterocycles. The summed E-state index contributed by atoms with van der Waals surface area (Å²) < 4.78 is 84.0. The summed E-state index contributed by atoms with van der Waals surface area (Å²) in [6.07, 6.45) is -7.03. The molecular formula is C21H21F6N3O3. The number of hydrogen-bond donors (Lipinski definition) is 2. The first-order valence-corrected chi connectivity index (χ1v) is 9.82. The third kappa shape index (κ3) is 7.65. The van der Waals surface area contributed by atoms with Gasteiger partial charge in [-0.2, -0.15) is 26.3 Å². The first-order valence-electron chi connectivity index (χ1n) is 9.82. The molecule has 1 heterocycles. The first-order chi connectivity index (χ1) is 15.4. The van der Waals surface area contributed by atoms with E-state index in [1.54, 1.807) is 0 Å². The van der Waals surface area contributed by atoms with Gasteiger partial charge >= 0.3 is 24.4 Å². The molecule has 6 nitrogen and oxygen atoms in total. The molecule has 0 fully saturated rings. The maximum absolute atomic E-state index is 13.5. The average Bonchev–Trinajstić information content (AvgIpc) is 2.75. The van der Waals surface area contributed by atoms with Gasteiger partial charge in [0, 0.05) is 6.20 Å². The number of rotatable bonds is 8. The molecule has 0 aliphatic heterocycles. The normalized spacial score (nSPS) is 12.7. The summed E-state index contributed by atoms with van der Waals surface area (Å²) in [5.41, 5.74) is -2.88. The number of pyridine rings is 1. The predicted molar refractivity (Wildman–Crippen MR) is 105 cm³/mol. The van der Waals surface area contributed by atoms with Crippen LogP contribution in [0.25, 0.3) is 0 Å². The minimum absolute atomic E-state index is 0.0760. The zero-order valence-corrected chi connectivity index (χ0v) is 17.4. The maximum Gasteiger partial charge on any atom is 0.418 e. The molecule has 2 aromatic rings. The number of carbonyl (C=O) groups is 2. The molecule has 1 aromatic carbocycles. The van der Waals surface area contributed by atoms with Gasteiger partial charge < -0.3 is 15.4 Å². The number of hydrogen-bond acceptors (Lipinski definition) is 4. The van der Waals surface area contributed by atoms with Crippen LogP contribution >= 0.6 is 0 Å². The molecule has 0 aliphatic carbocycles. The Morgan fingerprint density at radius 2 is 1.70 bits per heavy atom. The Morgan fingerprint density at radius 3 is 2.27 bits per heavy atom.